The zero-order valence-corrected chi connectivity index (χ0v) is 15.8. The first kappa shape index (κ1) is 19.8. The number of benzene rings is 1. The number of hydrogen-bond donors (Lipinski definition) is 2. The Labute approximate surface area is 154 Å². The SMILES string of the molecule is CCCCCOC(=O)C1=C(C)NC(=O)N[C@H]1c1ccccc1OCCC. The maximum atomic E-state index is 12.7. The van der Waals surface area contributed by atoms with Gasteiger partial charge in [0.25, 0.3) is 0 Å². The largest absolute Gasteiger partial charge is 0.493 e. The second-order valence-electron chi connectivity index (χ2n) is 6.30. The van der Waals surface area contributed by atoms with Crippen LogP contribution in [0.3, 0.4) is 0 Å². The van der Waals surface area contributed by atoms with Crippen LogP contribution in [0, 0.1) is 0 Å². The summed E-state index contributed by atoms with van der Waals surface area (Å²) in [5, 5.41) is 5.49. The van der Waals surface area contributed by atoms with Gasteiger partial charge in [-0.1, -0.05) is 44.9 Å². The third-order valence-corrected chi connectivity index (χ3v) is 4.16. The van der Waals surface area contributed by atoms with Crippen LogP contribution >= 0.6 is 0 Å². The Bertz CT molecular complexity index is 670. The lowest BCUT2D eigenvalue weighted by Crippen LogP contribution is -2.45. The lowest BCUT2D eigenvalue weighted by Gasteiger charge is -2.29. The van der Waals surface area contributed by atoms with Crippen molar-refractivity contribution in [3.63, 3.8) is 0 Å². The second kappa shape index (κ2) is 9.85. The number of rotatable bonds is 9. The van der Waals surface area contributed by atoms with Gasteiger partial charge in [-0.25, -0.2) is 9.59 Å². The molecule has 0 unspecified atom stereocenters. The molecule has 1 atom stereocenters. The van der Waals surface area contributed by atoms with Crippen LogP contribution in [0.4, 0.5) is 4.79 Å². The molecule has 26 heavy (non-hydrogen) atoms. The van der Waals surface area contributed by atoms with Gasteiger partial charge in [0, 0.05) is 11.3 Å². The average molecular weight is 360 g/mol. The molecule has 1 aromatic rings. The van der Waals surface area contributed by atoms with Crippen molar-refractivity contribution in [2.75, 3.05) is 13.2 Å². The number of ether oxygens (including phenoxy) is 2. The molecule has 0 saturated carbocycles. The second-order valence-corrected chi connectivity index (χ2v) is 6.30. The molecule has 1 aromatic carbocycles. The van der Waals surface area contributed by atoms with Crippen LogP contribution < -0.4 is 15.4 Å². The maximum Gasteiger partial charge on any atom is 0.338 e. The summed E-state index contributed by atoms with van der Waals surface area (Å²) in [4.78, 5) is 24.7. The minimum absolute atomic E-state index is 0.347. The summed E-state index contributed by atoms with van der Waals surface area (Å²) in [5.41, 5.74) is 1.66. The molecule has 1 heterocycles. The van der Waals surface area contributed by atoms with Gasteiger partial charge in [-0.3, -0.25) is 0 Å². The summed E-state index contributed by atoms with van der Waals surface area (Å²) in [7, 11) is 0. The molecule has 0 saturated heterocycles. The third-order valence-electron chi connectivity index (χ3n) is 4.16. The normalized spacial score (nSPS) is 16.7. The molecule has 0 spiro atoms. The van der Waals surface area contributed by atoms with Crippen molar-refractivity contribution in [1.29, 1.82) is 0 Å². The number of esters is 1. The smallest absolute Gasteiger partial charge is 0.338 e. The first-order valence-corrected chi connectivity index (χ1v) is 9.25. The fourth-order valence-electron chi connectivity index (χ4n) is 2.85. The Hall–Kier alpha value is -2.50. The van der Waals surface area contributed by atoms with Gasteiger partial charge < -0.3 is 20.1 Å². The van der Waals surface area contributed by atoms with E-state index in [1.54, 1.807) is 6.92 Å². The number of nitrogens with one attached hydrogen (secondary N) is 2. The standard InChI is InChI=1S/C20H28N2O4/c1-4-6-9-13-26-19(23)17-14(3)21-20(24)22-18(17)15-10-7-8-11-16(15)25-12-5-2/h7-8,10-11,18H,4-6,9,12-13H2,1-3H3,(H2,21,22,24)/t18-/m0/s1. The molecule has 2 N–H and O–H groups in total. The Balaban J connectivity index is 2.28. The molecular formula is C20H28N2O4. The van der Waals surface area contributed by atoms with E-state index in [1.165, 1.54) is 0 Å². The Morgan fingerprint density at radius 2 is 1.88 bits per heavy atom. The predicted molar refractivity (Wildman–Crippen MR) is 99.8 cm³/mol. The first-order valence-electron chi connectivity index (χ1n) is 9.25. The van der Waals surface area contributed by atoms with Crippen LogP contribution in [0.1, 0.15) is 58.1 Å². The van der Waals surface area contributed by atoms with Crippen molar-refractivity contribution < 1.29 is 19.1 Å². The van der Waals surface area contributed by atoms with Gasteiger partial charge in [-0.15, -0.1) is 0 Å². The van der Waals surface area contributed by atoms with E-state index in [4.69, 9.17) is 9.47 Å². The summed E-state index contributed by atoms with van der Waals surface area (Å²) < 4.78 is 11.2. The monoisotopic (exact) mass is 360 g/mol. The van der Waals surface area contributed by atoms with Crippen molar-refractivity contribution in [2.24, 2.45) is 0 Å². The highest BCUT2D eigenvalue weighted by atomic mass is 16.5. The van der Waals surface area contributed by atoms with E-state index < -0.39 is 12.0 Å². The van der Waals surface area contributed by atoms with Gasteiger partial charge in [-0.05, 0) is 25.8 Å². The highest BCUT2D eigenvalue weighted by molar-refractivity contribution is 5.95. The Kier molecular flexibility index (Phi) is 7.51. The van der Waals surface area contributed by atoms with Crippen LogP contribution in [0.2, 0.25) is 0 Å². The number of urea groups is 1. The number of allylic oxidation sites excluding steroid dienone is 1. The van der Waals surface area contributed by atoms with E-state index in [-0.39, 0.29) is 6.03 Å². The number of carbonyl (C=O) groups is 2. The van der Waals surface area contributed by atoms with Crippen molar-refractivity contribution in [3.8, 4) is 5.75 Å². The van der Waals surface area contributed by atoms with E-state index in [0.717, 1.165) is 31.2 Å². The molecule has 0 aromatic heterocycles. The number of hydrogen-bond acceptors (Lipinski definition) is 4. The van der Waals surface area contributed by atoms with Crippen LogP contribution in [-0.2, 0) is 9.53 Å². The lowest BCUT2D eigenvalue weighted by atomic mass is 9.95. The molecule has 2 rings (SSSR count). The van der Waals surface area contributed by atoms with Gasteiger partial charge in [0.1, 0.15) is 5.75 Å². The van der Waals surface area contributed by atoms with Crippen LogP contribution in [0.15, 0.2) is 35.5 Å². The van der Waals surface area contributed by atoms with Gasteiger partial charge in [-0.2, -0.15) is 0 Å². The van der Waals surface area contributed by atoms with Crippen molar-refractivity contribution in [1.82, 2.24) is 10.6 Å². The molecule has 6 nitrogen and oxygen atoms in total. The Morgan fingerprint density at radius 3 is 2.62 bits per heavy atom. The minimum Gasteiger partial charge on any atom is -0.493 e. The first-order chi connectivity index (χ1) is 12.6. The van der Waals surface area contributed by atoms with E-state index in [9.17, 15) is 9.59 Å². The number of amides is 2. The van der Waals surface area contributed by atoms with Crippen LogP contribution in [0.25, 0.3) is 0 Å². The van der Waals surface area contributed by atoms with Crippen molar-refractivity contribution >= 4 is 12.0 Å². The van der Waals surface area contributed by atoms with Crippen molar-refractivity contribution in [3.05, 3.63) is 41.1 Å². The lowest BCUT2D eigenvalue weighted by molar-refractivity contribution is -0.139. The van der Waals surface area contributed by atoms with E-state index in [1.807, 2.05) is 31.2 Å². The molecule has 0 radical (unpaired) electrons. The van der Waals surface area contributed by atoms with Crippen LogP contribution in [0.5, 0.6) is 5.75 Å². The molecule has 2 amide bonds. The molecule has 0 fully saturated rings. The zero-order valence-electron chi connectivity index (χ0n) is 15.8. The summed E-state index contributed by atoms with van der Waals surface area (Å²) in [6, 6.07) is 6.49. The van der Waals surface area contributed by atoms with Gasteiger partial charge in [0.05, 0.1) is 24.8 Å². The topological polar surface area (TPSA) is 76.7 Å². The minimum atomic E-state index is -0.601. The molecule has 1 aliphatic rings. The molecule has 1 aliphatic heterocycles. The zero-order chi connectivity index (χ0) is 18.9. The maximum absolute atomic E-state index is 12.7. The highest BCUT2D eigenvalue weighted by Gasteiger charge is 2.33. The van der Waals surface area contributed by atoms with Gasteiger partial charge in [0.2, 0.25) is 0 Å². The summed E-state index contributed by atoms with van der Waals surface area (Å²) in [6.07, 6.45) is 3.77. The predicted octanol–water partition coefficient (Wildman–Crippen LogP) is 3.84. The number of unbranched alkanes of at least 4 members (excludes halogenated alkanes) is 2. The number of carbonyl (C=O) groups excluding carboxylic acids is 2. The number of para-hydroxylation sites is 1. The summed E-state index contributed by atoms with van der Waals surface area (Å²) in [6.45, 7) is 6.77. The molecule has 0 bridgehead atoms. The van der Waals surface area contributed by atoms with E-state index >= 15 is 0 Å². The van der Waals surface area contributed by atoms with E-state index in [2.05, 4.69) is 17.6 Å². The molecular weight excluding hydrogens is 332 g/mol. The molecule has 0 aliphatic carbocycles. The van der Waals surface area contributed by atoms with Gasteiger partial charge >= 0.3 is 12.0 Å². The fourth-order valence-corrected chi connectivity index (χ4v) is 2.85. The third kappa shape index (κ3) is 5.00. The van der Waals surface area contributed by atoms with E-state index in [0.29, 0.717) is 30.2 Å². The summed E-state index contributed by atoms with van der Waals surface area (Å²) >= 11 is 0. The molecule has 6 heteroatoms. The highest BCUT2D eigenvalue weighted by Crippen LogP contribution is 2.33. The molecule has 142 valence electrons. The Morgan fingerprint density at radius 1 is 1.12 bits per heavy atom. The quantitative estimate of drug-likeness (QED) is 0.518. The average Bonchev–Trinajstić information content (AvgIpc) is 2.63. The fraction of sp³-hybridized carbons (Fsp3) is 0.500. The van der Waals surface area contributed by atoms with Crippen molar-refractivity contribution in [2.45, 2.75) is 52.5 Å². The summed E-state index contributed by atoms with van der Waals surface area (Å²) in [5.74, 6) is 0.243. The van der Waals surface area contributed by atoms with Crippen LogP contribution in [-0.4, -0.2) is 25.2 Å². The van der Waals surface area contributed by atoms with Gasteiger partial charge in [0.15, 0.2) is 0 Å².